The van der Waals surface area contributed by atoms with Crippen LogP contribution < -0.4 is 11.5 Å². The molecule has 2 nitrogen and oxygen atoms in total. The molecule has 0 spiro atoms. The van der Waals surface area contributed by atoms with Gasteiger partial charge >= 0.3 is 0 Å². The Balaban J connectivity index is 0.00000220. The average molecular weight is 341 g/mol. The molecule has 2 aromatic carbocycles. The van der Waals surface area contributed by atoms with E-state index in [4.69, 9.17) is 11.5 Å². The lowest BCUT2D eigenvalue weighted by molar-refractivity contribution is 0.514. The zero-order valence-corrected chi connectivity index (χ0v) is 14.4. The van der Waals surface area contributed by atoms with Crippen LogP contribution in [0.4, 0.5) is 0 Å². The summed E-state index contributed by atoms with van der Waals surface area (Å²) in [6.45, 7) is 0. The summed E-state index contributed by atoms with van der Waals surface area (Å²) in [7, 11) is 0. The van der Waals surface area contributed by atoms with E-state index in [9.17, 15) is 0 Å². The summed E-state index contributed by atoms with van der Waals surface area (Å²) in [6.07, 6.45) is 3.81. The van der Waals surface area contributed by atoms with Crippen LogP contribution in [0.2, 0.25) is 0 Å². The van der Waals surface area contributed by atoms with Gasteiger partial charge in [0.15, 0.2) is 0 Å². The summed E-state index contributed by atoms with van der Waals surface area (Å²) in [6, 6.07) is 21.2. The van der Waals surface area contributed by atoms with E-state index in [1.165, 1.54) is 11.1 Å². The average Bonchev–Trinajstić information content (AvgIpc) is 2.47. The van der Waals surface area contributed by atoms with Gasteiger partial charge in [-0.1, -0.05) is 60.7 Å². The summed E-state index contributed by atoms with van der Waals surface area (Å²) in [5.41, 5.74) is 15.0. The van der Waals surface area contributed by atoms with Gasteiger partial charge in [-0.25, -0.2) is 0 Å². The Bertz CT molecular complexity index is 443. The topological polar surface area (TPSA) is 52.0 Å². The van der Waals surface area contributed by atoms with Crippen molar-refractivity contribution in [2.75, 3.05) is 0 Å². The van der Waals surface area contributed by atoms with Crippen molar-refractivity contribution >= 4 is 24.8 Å². The van der Waals surface area contributed by atoms with Gasteiger partial charge in [0.05, 0.1) is 0 Å². The minimum Gasteiger partial charge on any atom is -0.327 e. The number of halogens is 2. The van der Waals surface area contributed by atoms with Crippen molar-refractivity contribution in [2.45, 2.75) is 37.8 Å². The maximum atomic E-state index is 6.19. The van der Waals surface area contributed by atoms with Crippen LogP contribution in [-0.2, 0) is 12.8 Å². The quantitative estimate of drug-likeness (QED) is 0.806. The highest BCUT2D eigenvalue weighted by molar-refractivity contribution is 5.85. The lowest BCUT2D eigenvalue weighted by Crippen LogP contribution is -2.29. The van der Waals surface area contributed by atoms with Crippen molar-refractivity contribution in [3.63, 3.8) is 0 Å². The highest BCUT2D eigenvalue weighted by atomic mass is 35.5. The lowest BCUT2D eigenvalue weighted by atomic mass is 9.97. The molecule has 2 aromatic rings. The van der Waals surface area contributed by atoms with Crippen LogP contribution in [0.3, 0.4) is 0 Å². The molecule has 0 saturated carbocycles. The SMILES string of the molecule is Cl.Cl.NC(CCC(N)Cc1ccccc1)Cc1ccccc1. The van der Waals surface area contributed by atoms with Gasteiger partial charge in [0.1, 0.15) is 0 Å². The first-order chi connectivity index (χ1) is 9.74. The normalized spacial score (nSPS) is 12.6. The van der Waals surface area contributed by atoms with Crippen LogP contribution >= 0.6 is 24.8 Å². The Morgan fingerprint density at radius 2 is 0.909 bits per heavy atom. The number of hydrogen-bond acceptors (Lipinski definition) is 2. The zero-order chi connectivity index (χ0) is 14.2. The number of rotatable bonds is 7. The molecule has 0 radical (unpaired) electrons. The Morgan fingerprint density at radius 1 is 0.591 bits per heavy atom. The fourth-order valence-electron chi connectivity index (χ4n) is 2.47. The molecule has 0 heterocycles. The predicted molar refractivity (Wildman–Crippen MR) is 100.0 cm³/mol. The molecule has 0 amide bonds. The fourth-order valence-corrected chi connectivity index (χ4v) is 2.47. The second kappa shape index (κ2) is 11.5. The van der Waals surface area contributed by atoms with Crippen molar-refractivity contribution in [2.24, 2.45) is 11.5 Å². The third kappa shape index (κ3) is 7.81. The van der Waals surface area contributed by atoms with E-state index >= 15 is 0 Å². The van der Waals surface area contributed by atoms with E-state index in [1.54, 1.807) is 0 Å². The smallest absolute Gasteiger partial charge is 0.00799 e. The Hall–Kier alpha value is -1.06. The van der Waals surface area contributed by atoms with E-state index in [-0.39, 0.29) is 36.9 Å². The lowest BCUT2D eigenvalue weighted by Gasteiger charge is -2.16. The summed E-state index contributed by atoms with van der Waals surface area (Å²) in [5.74, 6) is 0. The van der Waals surface area contributed by atoms with Crippen molar-refractivity contribution in [3.8, 4) is 0 Å². The van der Waals surface area contributed by atoms with Gasteiger partial charge in [-0.15, -0.1) is 24.8 Å². The van der Waals surface area contributed by atoms with Crippen molar-refractivity contribution in [1.82, 2.24) is 0 Å². The molecular formula is C18H26Cl2N2. The van der Waals surface area contributed by atoms with E-state index in [0.717, 1.165) is 25.7 Å². The summed E-state index contributed by atoms with van der Waals surface area (Å²) in [4.78, 5) is 0. The van der Waals surface area contributed by atoms with Crippen LogP contribution in [0.15, 0.2) is 60.7 Å². The van der Waals surface area contributed by atoms with Crippen LogP contribution in [0, 0.1) is 0 Å². The van der Waals surface area contributed by atoms with Crippen molar-refractivity contribution in [3.05, 3.63) is 71.8 Å². The first kappa shape index (κ1) is 20.9. The molecule has 0 aliphatic heterocycles. The Kier molecular flexibility index (Phi) is 10.9. The van der Waals surface area contributed by atoms with E-state index in [1.807, 2.05) is 12.1 Å². The number of hydrogen-bond donors (Lipinski definition) is 2. The summed E-state index contributed by atoms with van der Waals surface area (Å²) in [5, 5.41) is 0. The molecule has 0 saturated heterocycles. The summed E-state index contributed by atoms with van der Waals surface area (Å²) >= 11 is 0. The zero-order valence-electron chi connectivity index (χ0n) is 12.7. The molecule has 122 valence electrons. The molecule has 0 aliphatic carbocycles. The molecule has 2 unspecified atom stereocenters. The maximum absolute atomic E-state index is 6.19. The van der Waals surface area contributed by atoms with Crippen LogP contribution in [0.25, 0.3) is 0 Å². The Morgan fingerprint density at radius 3 is 1.23 bits per heavy atom. The molecule has 2 rings (SSSR count). The minimum absolute atomic E-state index is 0. The van der Waals surface area contributed by atoms with Gasteiger partial charge in [-0.05, 0) is 36.8 Å². The van der Waals surface area contributed by atoms with Gasteiger partial charge in [-0.2, -0.15) is 0 Å². The van der Waals surface area contributed by atoms with E-state index in [2.05, 4.69) is 48.5 Å². The van der Waals surface area contributed by atoms with Crippen LogP contribution in [0.5, 0.6) is 0 Å². The highest BCUT2D eigenvalue weighted by Gasteiger charge is 2.08. The molecule has 0 bridgehead atoms. The number of nitrogens with two attached hydrogens (primary N) is 2. The van der Waals surface area contributed by atoms with Crippen LogP contribution in [0.1, 0.15) is 24.0 Å². The third-order valence-electron chi connectivity index (χ3n) is 3.59. The largest absolute Gasteiger partial charge is 0.327 e. The predicted octanol–water partition coefficient (Wildman–Crippen LogP) is 3.75. The van der Waals surface area contributed by atoms with Gasteiger partial charge in [0, 0.05) is 12.1 Å². The monoisotopic (exact) mass is 340 g/mol. The third-order valence-corrected chi connectivity index (χ3v) is 3.59. The molecule has 2 atom stereocenters. The highest BCUT2D eigenvalue weighted by Crippen LogP contribution is 2.10. The molecule has 0 aromatic heterocycles. The molecule has 22 heavy (non-hydrogen) atoms. The Labute approximate surface area is 146 Å². The van der Waals surface area contributed by atoms with Gasteiger partial charge in [-0.3, -0.25) is 0 Å². The first-order valence-corrected chi connectivity index (χ1v) is 7.33. The van der Waals surface area contributed by atoms with Crippen molar-refractivity contribution in [1.29, 1.82) is 0 Å². The second-order valence-corrected chi connectivity index (χ2v) is 5.48. The van der Waals surface area contributed by atoms with E-state index < -0.39 is 0 Å². The van der Waals surface area contributed by atoms with Crippen LogP contribution in [-0.4, -0.2) is 12.1 Å². The first-order valence-electron chi connectivity index (χ1n) is 7.33. The summed E-state index contributed by atoms with van der Waals surface area (Å²) < 4.78 is 0. The molecule has 0 aliphatic rings. The number of benzene rings is 2. The molecule has 0 fully saturated rings. The van der Waals surface area contributed by atoms with E-state index in [0.29, 0.717) is 0 Å². The minimum atomic E-state index is 0. The second-order valence-electron chi connectivity index (χ2n) is 5.48. The molecule has 4 N–H and O–H groups in total. The van der Waals surface area contributed by atoms with Gasteiger partial charge < -0.3 is 11.5 Å². The molecule has 4 heteroatoms. The van der Waals surface area contributed by atoms with Gasteiger partial charge in [0.25, 0.3) is 0 Å². The van der Waals surface area contributed by atoms with Gasteiger partial charge in [0.2, 0.25) is 0 Å². The standard InChI is InChI=1S/C18H24N2.2ClH/c19-17(13-15-7-3-1-4-8-15)11-12-18(20)14-16-9-5-2-6-10-16;;/h1-10,17-18H,11-14,19-20H2;2*1H. The fraction of sp³-hybridized carbons (Fsp3) is 0.333. The van der Waals surface area contributed by atoms with Crippen molar-refractivity contribution < 1.29 is 0 Å². The molecular weight excluding hydrogens is 315 g/mol. The maximum Gasteiger partial charge on any atom is 0.00799 e.